The van der Waals surface area contributed by atoms with Crippen molar-refractivity contribution < 1.29 is 9.84 Å². The third-order valence-electron chi connectivity index (χ3n) is 1.37. The summed E-state index contributed by atoms with van der Waals surface area (Å²) in [6.45, 7) is 0.293. The van der Waals surface area contributed by atoms with Gasteiger partial charge >= 0.3 is 0 Å². The molecule has 0 radical (unpaired) electrons. The smallest absolute Gasteiger partial charge is 0.213 e. The zero-order chi connectivity index (χ0) is 8.81. The fourth-order valence-corrected chi connectivity index (χ4v) is 0.764. The number of nitrogens with one attached hydrogen (secondary N) is 1. The van der Waals surface area contributed by atoms with Crippen molar-refractivity contribution in [3.63, 3.8) is 0 Å². The topological polar surface area (TPSA) is 54.4 Å². The Morgan fingerprint density at radius 1 is 1.58 bits per heavy atom. The first kappa shape index (κ1) is 8.80. The molecule has 0 aromatic carbocycles. The molecule has 1 aromatic rings. The van der Waals surface area contributed by atoms with Gasteiger partial charge in [0.05, 0.1) is 18.5 Å². The summed E-state index contributed by atoms with van der Waals surface area (Å²) in [6.07, 6.45) is 1.67. The molecule has 0 saturated carbocycles. The zero-order valence-electron chi connectivity index (χ0n) is 6.95. The first-order chi connectivity index (χ1) is 5.86. The molecule has 66 valence electrons. The second-order valence-electron chi connectivity index (χ2n) is 2.21. The van der Waals surface area contributed by atoms with Crippen molar-refractivity contribution in [2.45, 2.75) is 0 Å². The molecule has 4 nitrogen and oxygen atoms in total. The fourth-order valence-electron chi connectivity index (χ4n) is 0.764. The number of hydrogen-bond donors (Lipinski definition) is 2. The zero-order valence-corrected chi connectivity index (χ0v) is 6.95. The molecule has 0 spiro atoms. The lowest BCUT2D eigenvalue weighted by Gasteiger charge is -2.03. The van der Waals surface area contributed by atoms with Gasteiger partial charge in [-0.25, -0.2) is 4.98 Å². The maximum atomic E-state index is 8.46. The molecule has 1 aromatic heterocycles. The fraction of sp³-hybridized carbons (Fsp3) is 0.375. The SMILES string of the molecule is CNc1ccc(OCCO)nc1. The maximum absolute atomic E-state index is 8.46. The third-order valence-corrected chi connectivity index (χ3v) is 1.37. The second kappa shape index (κ2) is 4.56. The van der Waals surface area contributed by atoms with Gasteiger partial charge in [-0.3, -0.25) is 0 Å². The van der Waals surface area contributed by atoms with Crippen molar-refractivity contribution >= 4 is 5.69 Å². The molecular weight excluding hydrogens is 156 g/mol. The number of ether oxygens (including phenoxy) is 1. The van der Waals surface area contributed by atoms with Gasteiger partial charge in [-0.2, -0.15) is 0 Å². The van der Waals surface area contributed by atoms with E-state index >= 15 is 0 Å². The number of rotatable bonds is 4. The Hall–Kier alpha value is -1.29. The predicted octanol–water partition coefficient (Wildman–Crippen LogP) is 0.494. The molecule has 0 aliphatic heterocycles. The van der Waals surface area contributed by atoms with E-state index in [4.69, 9.17) is 9.84 Å². The molecule has 0 aliphatic rings. The van der Waals surface area contributed by atoms with E-state index in [1.54, 1.807) is 12.3 Å². The van der Waals surface area contributed by atoms with Crippen LogP contribution in [0.25, 0.3) is 0 Å². The van der Waals surface area contributed by atoms with Crippen LogP contribution in [-0.4, -0.2) is 30.4 Å². The van der Waals surface area contributed by atoms with Gasteiger partial charge < -0.3 is 15.2 Å². The molecular formula is C8H12N2O2. The van der Waals surface area contributed by atoms with Crippen molar-refractivity contribution in [3.05, 3.63) is 18.3 Å². The maximum Gasteiger partial charge on any atom is 0.213 e. The summed E-state index contributed by atoms with van der Waals surface area (Å²) in [4.78, 5) is 3.99. The lowest BCUT2D eigenvalue weighted by Crippen LogP contribution is -2.02. The quantitative estimate of drug-likeness (QED) is 0.687. The molecule has 0 bridgehead atoms. The molecule has 0 amide bonds. The second-order valence-corrected chi connectivity index (χ2v) is 2.21. The number of nitrogens with zero attached hydrogens (tertiary/aromatic N) is 1. The van der Waals surface area contributed by atoms with Crippen LogP contribution in [0.2, 0.25) is 0 Å². The highest BCUT2D eigenvalue weighted by molar-refractivity contribution is 5.40. The number of hydrogen-bond acceptors (Lipinski definition) is 4. The van der Waals surface area contributed by atoms with Gasteiger partial charge in [0.2, 0.25) is 5.88 Å². The van der Waals surface area contributed by atoms with Crippen molar-refractivity contribution in [1.82, 2.24) is 4.98 Å². The number of anilines is 1. The molecule has 0 aliphatic carbocycles. The molecule has 0 fully saturated rings. The Morgan fingerprint density at radius 3 is 2.92 bits per heavy atom. The molecule has 12 heavy (non-hydrogen) atoms. The van der Waals surface area contributed by atoms with Crippen LogP contribution in [0.1, 0.15) is 0 Å². The summed E-state index contributed by atoms with van der Waals surface area (Å²) in [6, 6.07) is 3.61. The van der Waals surface area contributed by atoms with E-state index < -0.39 is 0 Å². The average molecular weight is 168 g/mol. The van der Waals surface area contributed by atoms with Crippen molar-refractivity contribution in [1.29, 1.82) is 0 Å². The average Bonchev–Trinajstić information content (AvgIpc) is 2.15. The summed E-state index contributed by atoms with van der Waals surface area (Å²) in [5, 5.41) is 11.4. The van der Waals surface area contributed by atoms with Crippen LogP contribution in [0.4, 0.5) is 5.69 Å². The Kier molecular flexibility index (Phi) is 3.35. The highest BCUT2D eigenvalue weighted by atomic mass is 16.5. The standard InChI is InChI=1S/C8H12N2O2/c1-9-7-2-3-8(10-6-7)12-5-4-11/h2-3,6,9,11H,4-5H2,1H3. The van der Waals surface area contributed by atoms with Crippen molar-refractivity contribution in [2.24, 2.45) is 0 Å². The first-order valence-corrected chi connectivity index (χ1v) is 3.74. The minimum Gasteiger partial charge on any atom is -0.475 e. The predicted molar refractivity (Wildman–Crippen MR) is 46.4 cm³/mol. The normalized spacial score (nSPS) is 9.50. The molecule has 0 saturated heterocycles. The molecule has 4 heteroatoms. The van der Waals surface area contributed by atoms with E-state index in [-0.39, 0.29) is 13.2 Å². The van der Waals surface area contributed by atoms with E-state index in [1.165, 1.54) is 0 Å². The summed E-state index contributed by atoms with van der Waals surface area (Å²) < 4.78 is 5.07. The Balaban J connectivity index is 2.53. The lowest BCUT2D eigenvalue weighted by atomic mass is 10.4. The van der Waals surface area contributed by atoms with Crippen LogP contribution < -0.4 is 10.1 Å². The molecule has 0 atom stereocenters. The van der Waals surface area contributed by atoms with Crippen LogP contribution in [0, 0.1) is 0 Å². The molecule has 1 rings (SSSR count). The third kappa shape index (κ3) is 2.39. The van der Waals surface area contributed by atoms with Crippen LogP contribution >= 0.6 is 0 Å². The van der Waals surface area contributed by atoms with Crippen molar-refractivity contribution in [2.75, 3.05) is 25.6 Å². The van der Waals surface area contributed by atoms with E-state index in [2.05, 4.69) is 10.3 Å². The van der Waals surface area contributed by atoms with E-state index in [0.29, 0.717) is 5.88 Å². The molecule has 1 heterocycles. The number of pyridine rings is 1. The summed E-state index contributed by atoms with van der Waals surface area (Å²) >= 11 is 0. The van der Waals surface area contributed by atoms with Crippen LogP contribution in [0.3, 0.4) is 0 Å². The van der Waals surface area contributed by atoms with Gasteiger partial charge in [-0.15, -0.1) is 0 Å². The van der Waals surface area contributed by atoms with E-state index in [1.807, 2.05) is 13.1 Å². The van der Waals surface area contributed by atoms with Crippen LogP contribution in [0.5, 0.6) is 5.88 Å². The van der Waals surface area contributed by atoms with Crippen LogP contribution in [-0.2, 0) is 0 Å². The Labute approximate surface area is 71.2 Å². The van der Waals surface area contributed by atoms with Gasteiger partial charge in [0.15, 0.2) is 0 Å². The number of aliphatic hydroxyl groups excluding tert-OH is 1. The minimum absolute atomic E-state index is 0.00938. The lowest BCUT2D eigenvalue weighted by molar-refractivity contribution is 0.196. The summed E-state index contributed by atoms with van der Waals surface area (Å²) in [7, 11) is 1.82. The first-order valence-electron chi connectivity index (χ1n) is 3.74. The highest BCUT2D eigenvalue weighted by Gasteiger charge is 1.93. The van der Waals surface area contributed by atoms with E-state index in [9.17, 15) is 0 Å². The Morgan fingerprint density at radius 2 is 2.42 bits per heavy atom. The number of aliphatic hydroxyl groups is 1. The highest BCUT2D eigenvalue weighted by Crippen LogP contribution is 2.10. The summed E-state index contributed by atoms with van der Waals surface area (Å²) in [5.74, 6) is 0.531. The van der Waals surface area contributed by atoms with Gasteiger partial charge in [-0.05, 0) is 6.07 Å². The monoisotopic (exact) mass is 168 g/mol. The largest absolute Gasteiger partial charge is 0.475 e. The van der Waals surface area contributed by atoms with E-state index in [0.717, 1.165) is 5.69 Å². The van der Waals surface area contributed by atoms with Crippen LogP contribution in [0.15, 0.2) is 18.3 Å². The van der Waals surface area contributed by atoms with Gasteiger partial charge in [0.25, 0.3) is 0 Å². The van der Waals surface area contributed by atoms with Gasteiger partial charge in [0.1, 0.15) is 6.61 Å². The molecule has 2 N–H and O–H groups in total. The minimum atomic E-state index is 0.00938. The molecule has 0 unspecified atom stereocenters. The summed E-state index contributed by atoms with van der Waals surface area (Å²) in [5.41, 5.74) is 0.936. The number of aromatic nitrogens is 1. The Bertz CT molecular complexity index is 223. The van der Waals surface area contributed by atoms with Gasteiger partial charge in [0, 0.05) is 13.1 Å². The van der Waals surface area contributed by atoms with Gasteiger partial charge in [-0.1, -0.05) is 0 Å². The van der Waals surface area contributed by atoms with Crippen molar-refractivity contribution in [3.8, 4) is 5.88 Å².